The zero-order chi connectivity index (χ0) is 19.3. The minimum Gasteiger partial charge on any atom is -0.351 e. The number of halogens is 1. The molecule has 6 heteroatoms. The van der Waals surface area contributed by atoms with Crippen LogP contribution < -0.4 is 10.6 Å². The highest BCUT2D eigenvalue weighted by molar-refractivity contribution is 5.84. The van der Waals surface area contributed by atoms with E-state index in [1.807, 2.05) is 6.92 Å². The van der Waals surface area contributed by atoms with E-state index in [1.54, 1.807) is 17.0 Å². The van der Waals surface area contributed by atoms with Crippen LogP contribution in [0.2, 0.25) is 0 Å². The molecule has 148 valence electrons. The zero-order valence-corrected chi connectivity index (χ0v) is 16.1. The molecule has 1 heterocycles. The molecule has 27 heavy (non-hydrogen) atoms. The van der Waals surface area contributed by atoms with E-state index in [4.69, 9.17) is 0 Å². The Labute approximate surface area is 160 Å². The predicted molar refractivity (Wildman–Crippen MR) is 103 cm³/mol. The quantitative estimate of drug-likeness (QED) is 0.845. The normalized spacial score (nSPS) is 23.7. The lowest BCUT2D eigenvalue weighted by atomic mass is 9.81. The lowest BCUT2D eigenvalue weighted by Gasteiger charge is -2.40. The van der Waals surface area contributed by atoms with Crippen LogP contribution in [0.25, 0.3) is 0 Å². The molecular formula is C21H30FN3O2. The Morgan fingerprint density at radius 2 is 1.85 bits per heavy atom. The van der Waals surface area contributed by atoms with Crippen molar-refractivity contribution in [3.63, 3.8) is 0 Å². The smallest absolute Gasteiger partial charge is 0.317 e. The molecule has 1 saturated heterocycles. The lowest BCUT2D eigenvalue weighted by molar-refractivity contribution is -0.132. The van der Waals surface area contributed by atoms with Gasteiger partial charge in [0.25, 0.3) is 0 Å². The molecule has 1 atom stereocenters. The third-order valence-corrected chi connectivity index (χ3v) is 5.83. The molecule has 2 N–H and O–H groups in total. The van der Waals surface area contributed by atoms with Crippen LogP contribution in [-0.2, 0) is 11.3 Å². The summed E-state index contributed by atoms with van der Waals surface area (Å²) in [6.45, 7) is 3.41. The maximum atomic E-state index is 13.0. The summed E-state index contributed by atoms with van der Waals surface area (Å²) in [7, 11) is 0. The topological polar surface area (TPSA) is 61.4 Å². The van der Waals surface area contributed by atoms with Gasteiger partial charge in [-0.1, -0.05) is 31.4 Å². The van der Waals surface area contributed by atoms with Crippen LogP contribution in [0.15, 0.2) is 24.3 Å². The molecule has 0 aromatic heterocycles. The zero-order valence-electron chi connectivity index (χ0n) is 16.1. The van der Waals surface area contributed by atoms with Crippen molar-refractivity contribution in [1.29, 1.82) is 0 Å². The Bertz CT molecular complexity index is 658. The predicted octanol–water partition coefficient (Wildman–Crippen LogP) is 3.59. The van der Waals surface area contributed by atoms with Gasteiger partial charge < -0.3 is 15.5 Å². The average molecular weight is 375 g/mol. The summed E-state index contributed by atoms with van der Waals surface area (Å²) < 4.78 is 13.0. The minimum absolute atomic E-state index is 0.0424. The molecular weight excluding hydrogens is 345 g/mol. The summed E-state index contributed by atoms with van der Waals surface area (Å²) >= 11 is 0. The van der Waals surface area contributed by atoms with E-state index in [9.17, 15) is 14.0 Å². The summed E-state index contributed by atoms with van der Waals surface area (Å²) in [5, 5.41) is 6.10. The molecule has 2 aliphatic rings. The van der Waals surface area contributed by atoms with Crippen LogP contribution >= 0.6 is 0 Å². The summed E-state index contributed by atoms with van der Waals surface area (Å²) in [5.74, 6) is -0.342. The molecule has 5 nitrogen and oxygen atoms in total. The molecule has 0 radical (unpaired) electrons. The van der Waals surface area contributed by atoms with Crippen molar-refractivity contribution >= 4 is 11.9 Å². The summed E-state index contributed by atoms with van der Waals surface area (Å²) in [6.07, 6.45) is 7.28. The van der Waals surface area contributed by atoms with Gasteiger partial charge in [0, 0.05) is 25.7 Å². The Balaban J connectivity index is 1.53. The van der Waals surface area contributed by atoms with Crippen molar-refractivity contribution < 1.29 is 14.0 Å². The molecule has 1 saturated carbocycles. The fourth-order valence-corrected chi connectivity index (χ4v) is 4.11. The fourth-order valence-electron chi connectivity index (χ4n) is 4.11. The number of carbonyl (C=O) groups is 2. The van der Waals surface area contributed by atoms with Crippen LogP contribution in [0.4, 0.5) is 9.18 Å². The Morgan fingerprint density at radius 3 is 2.56 bits per heavy atom. The first-order valence-corrected chi connectivity index (χ1v) is 10.0. The maximum Gasteiger partial charge on any atom is 0.317 e. The van der Waals surface area contributed by atoms with E-state index in [2.05, 4.69) is 10.6 Å². The van der Waals surface area contributed by atoms with E-state index in [-0.39, 0.29) is 23.8 Å². The van der Waals surface area contributed by atoms with Crippen molar-refractivity contribution in [2.75, 3.05) is 13.1 Å². The van der Waals surface area contributed by atoms with Crippen LogP contribution in [-0.4, -0.2) is 36.0 Å². The average Bonchev–Trinajstić information content (AvgIpc) is 2.68. The molecule has 1 unspecified atom stereocenters. The Kier molecular flexibility index (Phi) is 6.34. The fraction of sp³-hybridized carbons (Fsp3) is 0.619. The number of likely N-dealkylation sites (tertiary alicyclic amines) is 1. The SMILES string of the molecule is CC1(C(=O)NCc2ccc(F)cc2)CCCN(C(=O)NC2CCCCC2)C1. The molecule has 1 aromatic carbocycles. The highest BCUT2D eigenvalue weighted by Gasteiger charge is 2.39. The van der Waals surface area contributed by atoms with Crippen molar-refractivity contribution in [1.82, 2.24) is 15.5 Å². The first-order valence-electron chi connectivity index (χ1n) is 10.0. The number of nitrogens with zero attached hydrogens (tertiary/aromatic N) is 1. The highest BCUT2D eigenvalue weighted by Crippen LogP contribution is 2.30. The van der Waals surface area contributed by atoms with Crippen molar-refractivity contribution in [2.24, 2.45) is 5.41 Å². The molecule has 3 amide bonds. The van der Waals surface area contributed by atoms with Crippen molar-refractivity contribution in [2.45, 2.75) is 64.5 Å². The number of amides is 3. The lowest BCUT2D eigenvalue weighted by Crippen LogP contribution is -2.55. The van der Waals surface area contributed by atoms with Gasteiger partial charge in [0.05, 0.1) is 5.41 Å². The van der Waals surface area contributed by atoms with Gasteiger partial charge in [0.15, 0.2) is 0 Å². The van der Waals surface area contributed by atoms with E-state index < -0.39 is 5.41 Å². The molecule has 3 rings (SSSR count). The number of hydrogen-bond acceptors (Lipinski definition) is 2. The highest BCUT2D eigenvalue weighted by atomic mass is 19.1. The van der Waals surface area contributed by atoms with Gasteiger partial charge in [-0.25, -0.2) is 9.18 Å². The molecule has 1 aliphatic carbocycles. The molecule has 2 fully saturated rings. The number of nitrogens with one attached hydrogen (secondary N) is 2. The number of carbonyl (C=O) groups excluding carboxylic acids is 2. The van der Waals surface area contributed by atoms with Crippen LogP contribution in [0, 0.1) is 11.2 Å². The van der Waals surface area contributed by atoms with Gasteiger partial charge >= 0.3 is 6.03 Å². The first kappa shape index (κ1) is 19.6. The van der Waals surface area contributed by atoms with E-state index >= 15 is 0 Å². The number of piperidine rings is 1. The van der Waals surface area contributed by atoms with Gasteiger partial charge in [0.2, 0.25) is 5.91 Å². The third-order valence-electron chi connectivity index (χ3n) is 5.83. The van der Waals surface area contributed by atoms with Gasteiger partial charge in [-0.15, -0.1) is 0 Å². The number of urea groups is 1. The van der Waals surface area contributed by atoms with Gasteiger partial charge in [-0.3, -0.25) is 4.79 Å². The summed E-state index contributed by atoms with van der Waals surface area (Å²) in [4.78, 5) is 27.2. The van der Waals surface area contributed by atoms with Crippen LogP contribution in [0.5, 0.6) is 0 Å². The number of hydrogen-bond donors (Lipinski definition) is 2. The largest absolute Gasteiger partial charge is 0.351 e. The molecule has 1 aliphatic heterocycles. The summed E-state index contributed by atoms with van der Waals surface area (Å²) in [5.41, 5.74) is 0.262. The second-order valence-electron chi connectivity index (χ2n) is 8.18. The molecule has 1 aromatic rings. The van der Waals surface area contributed by atoms with Crippen molar-refractivity contribution in [3.8, 4) is 0 Å². The number of rotatable bonds is 4. The first-order chi connectivity index (χ1) is 13.0. The number of benzene rings is 1. The van der Waals surface area contributed by atoms with Crippen molar-refractivity contribution in [3.05, 3.63) is 35.6 Å². The van der Waals surface area contributed by atoms with Crippen LogP contribution in [0.1, 0.15) is 57.4 Å². The minimum atomic E-state index is -0.595. The van der Waals surface area contributed by atoms with Gasteiger partial charge in [0.1, 0.15) is 5.82 Å². The van der Waals surface area contributed by atoms with E-state index in [0.717, 1.165) is 31.2 Å². The Morgan fingerprint density at radius 1 is 1.15 bits per heavy atom. The van der Waals surface area contributed by atoms with Gasteiger partial charge in [-0.2, -0.15) is 0 Å². The standard InChI is InChI=1S/C21H30FN3O2/c1-21(19(26)23-14-16-8-10-17(22)11-9-16)12-5-13-25(15-21)20(27)24-18-6-3-2-4-7-18/h8-11,18H,2-7,12-15H2,1H3,(H,23,26)(H,24,27). The molecule has 0 spiro atoms. The summed E-state index contributed by atoms with van der Waals surface area (Å²) in [6, 6.07) is 6.35. The van der Waals surface area contributed by atoms with Crippen LogP contribution in [0.3, 0.4) is 0 Å². The Hall–Kier alpha value is -2.11. The van der Waals surface area contributed by atoms with E-state index in [0.29, 0.717) is 19.6 Å². The second kappa shape index (κ2) is 8.72. The maximum absolute atomic E-state index is 13.0. The monoisotopic (exact) mass is 375 g/mol. The van der Waals surface area contributed by atoms with E-state index in [1.165, 1.54) is 31.4 Å². The second-order valence-corrected chi connectivity index (χ2v) is 8.18. The molecule has 0 bridgehead atoms. The van der Waals surface area contributed by atoms with Gasteiger partial charge in [-0.05, 0) is 50.3 Å². The third kappa shape index (κ3) is 5.21.